The Kier molecular flexibility index (Phi) is 2.27. The fourth-order valence-electron chi connectivity index (χ4n) is 0.964. The van der Waals surface area contributed by atoms with Crippen LogP contribution in [-0.4, -0.2) is 19.5 Å². The SMILES string of the molecule is Br.Cn1cnc2c(N)ncnc21. The van der Waals surface area contributed by atoms with Gasteiger partial charge < -0.3 is 10.3 Å². The Balaban J connectivity index is 0.000000720. The molecular formula is C6H8BrN5. The highest BCUT2D eigenvalue weighted by Crippen LogP contribution is 2.11. The van der Waals surface area contributed by atoms with Crippen LogP contribution in [0.3, 0.4) is 0 Å². The van der Waals surface area contributed by atoms with Gasteiger partial charge in [0.25, 0.3) is 0 Å². The molecule has 0 atom stereocenters. The number of aryl methyl sites for hydroxylation is 1. The van der Waals surface area contributed by atoms with E-state index in [1.165, 1.54) is 6.33 Å². The van der Waals surface area contributed by atoms with Gasteiger partial charge in [-0.25, -0.2) is 15.0 Å². The first-order valence-electron chi connectivity index (χ1n) is 3.16. The topological polar surface area (TPSA) is 69.6 Å². The lowest BCUT2D eigenvalue weighted by molar-refractivity contribution is 0.928. The van der Waals surface area contributed by atoms with Gasteiger partial charge in [-0.2, -0.15) is 0 Å². The van der Waals surface area contributed by atoms with Crippen molar-refractivity contribution in [3.63, 3.8) is 0 Å². The highest BCUT2D eigenvalue weighted by molar-refractivity contribution is 8.93. The number of anilines is 1. The number of nitrogens with two attached hydrogens (primary N) is 1. The minimum atomic E-state index is 0. The molecule has 2 rings (SSSR count). The number of halogens is 1. The lowest BCUT2D eigenvalue weighted by Crippen LogP contribution is -1.94. The molecule has 0 spiro atoms. The molecule has 0 aliphatic rings. The average molecular weight is 230 g/mol. The van der Waals surface area contributed by atoms with Crippen molar-refractivity contribution in [2.75, 3.05) is 5.73 Å². The van der Waals surface area contributed by atoms with Crippen molar-refractivity contribution < 1.29 is 0 Å². The first kappa shape index (κ1) is 8.92. The van der Waals surface area contributed by atoms with Gasteiger partial charge in [0.05, 0.1) is 6.33 Å². The summed E-state index contributed by atoms with van der Waals surface area (Å²) >= 11 is 0. The van der Waals surface area contributed by atoms with E-state index in [1.54, 1.807) is 10.9 Å². The maximum atomic E-state index is 5.54. The molecule has 0 saturated heterocycles. The number of hydrogen-bond acceptors (Lipinski definition) is 4. The molecule has 2 aromatic rings. The van der Waals surface area contributed by atoms with Crippen LogP contribution in [0.15, 0.2) is 12.7 Å². The first-order chi connectivity index (χ1) is 5.29. The third-order valence-electron chi connectivity index (χ3n) is 1.53. The van der Waals surface area contributed by atoms with Crippen molar-refractivity contribution in [2.24, 2.45) is 7.05 Å². The Morgan fingerprint density at radius 3 is 2.75 bits per heavy atom. The third-order valence-corrected chi connectivity index (χ3v) is 1.53. The summed E-state index contributed by atoms with van der Waals surface area (Å²) in [5, 5.41) is 0. The summed E-state index contributed by atoms with van der Waals surface area (Å²) in [6.45, 7) is 0. The summed E-state index contributed by atoms with van der Waals surface area (Å²) in [7, 11) is 1.86. The van der Waals surface area contributed by atoms with Crippen molar-refractivity contribution in [3.8, 4) is 0 Å². The third kappa shape index (κ3) is 1.14. The Morgan fingerprint density at radius 1 is 1.33 bits per heavy atom. The van der Waals surface area contributed by atoms with Crippen LogP contribution in [-0.2, 0) is 7.05 Å². The van der Waals surface area contributed by atoms with E-state index in [9.17, 15) is 0 Å². The van der Waals surface area contributed by atoms with Crippen LogP contribution in [0.1, 0.15) is 0 Å². The predicted molar refractivity (Wildman–Crippen MR) is 51.0 cm³/mol. The first-order valence-corrected chi connectivity index (χ1v) is 3.16. The van der Waals surface area contributed by atoms with E-state index in [0.29, 0.717) is 11.3 Å². The van der Waals surface area contributed by atoms with Gasteiger partial charge in [-0.1, -0.05) is 0 Å². The summed E-state index contributed by atoms with van der Waals surface area (Å²) in [4.78, 5) is 11.9. The van der Waals surface area contributed by atoms with E-state index >= 15 is 0 Å². The Hall–Kier alpha value is -1.17. The van der Waals surface area contributed by atoms with Gasteiger partial charge in [0.15, 0.2) is 11.5 Å². The number of rotatable bonds is 0. The lowest BCUT2D eigenvalue weighted by Gasteiger charge is -1.92. The van der Waals surface area contributed by atoms with Gasteiger partial charge in [0, 0.05) is 7.05 Å². The predicted octanol–water partition coefficient (Wildman–Crippen LogP) is 0.523. The molecule has 12 heavy (non-hydrogen) atoms. The zero-order valence-corrected chi connectivity index (χ0v) is 8.14. The minimum absolute atomic E-state index is 0. The van der Waals surface area contributed by atoms with Crippen molar-refractivity contribution >= 4 is 34.0 Å². The molecule has 2 heterocycles. The van der Waals surface area contributed by atoms with Crippen molar-refractivity contribution in [3.05, 3.63) is 12.7 Å². The molecule has 6 heteroatoms. The largest absolute Gasteiger partial charge is 0.382 e. The molecule has 0 aliphatic carbocycles. The van der Waals surface area contributed by atoms with Crippen LogP contribution in [0, 0.1) is 0 Å². The van der Waals surface area contributed by atoms with Gasteiger partial charge >= 0.3 is 0 Å². The Morgan fingerprint density at radius 2 is 2.08 bits per heavy atom. The van der Waals surface area contributed by atoms with Crippen LogP contribution in [0.25, 0.3) is 11.2 Å². The number of aromatic nitrogens is 4. The fraction of sp³-hybridized carbons (Fsp3) is 0.167. The van der Waals surface area contributed by atoms with E-state index in [4.69, 9.17) is 5.73 Å². The second-order valence-corrected chi connectivity index (χ2v) is 2.29. The molecule has 2 N–H and O–H groups in total. The molecule has 0 saturated carbocycles. The molecule has 64 valence electrons. The molecule has 0 aliphatic heterocycles. The van der Waals surface area contributed by atoms with Gasteiger partial charge in [0.1, 0.15) is 11.8 Å². The Labute approximate surface area is 79.4 Å². The summed E-state index contributed by atoms with van der Waals surface area (Å²) in [6.07, 6.45) is 3.09. The molecule has 5 nitrogen and oxygen atoms in total. The molecular weight excluding hydrogens is 222 g/mol. The van der Waals surface area contributed by atoms with Crippen LogP contribution < -0.4 is 5.73 Å². The second kappa shape index (κ2) is 3.06. The quantitative estimate of drug-likeness (QED) is 0.716. The summed E-state index contributed by atoms with van der Waals surface area (Å²) in [5.41, 5.74) is 6.97. The number of fused-ring (bicyclic) bond motifs is 1. The van der Waals surface area contributed by atoms with Crippen molar-refractivity contribution in [1.82, 2.24) is 19.5 Å². The van der Waals surface area contributed by atoms with Gasteiger partial charge in [0.2, 0.25) is 0 Å². The maximum absolute atomic E-state index is 5.54. The smallest absolute Gasteiger partial charge is 0.165 e. The number of hydrogen-bond donors (Lipinski definition) is 1. The number of nitrogen functional groups attached to an aromatic ring is 1. The van der Waals surface area contributed by atoms with Crippen LogP contribution >= 0.6 is 17.0 Å². The zero-order valence-electron chi connectivity index (χ0n) is 6.43. The standard InChI is InChI=1S/C6H7N5.BrH/c1-11-3-10-4-5(7)8-2-9-6(4)11;/h2-3H,1H3,(H2,7,8,9);1H. The van der Waals surface area contributed by atoms with Crippen LogP contribution in [0.5, 0.6) is 0 Å². The summed E-state index contributed by atoms with van der Waals surface area (Å²) in [6, 6.07) is 0. The van der Waals surface area contributed by atoms with E-state index in [2.05, 4.69) is 15.0 Å². The van der Waals surface area contributed by atoms with Gasteiger partial charge in [-0.15, -0.1) is 17.0 Å². The molecule has 2 aromatic heterocycles. The highest BCUT2D eigenvalue weighted by Gasteiger charge is 2.03. The van der Waals surface area contributed by atoms with Crippen molar-refractivity contribution in [2.45, 2.75) is 0 Å². The fourth-order valence-corrected chi connectivity index (χ4v) is 0.964. The zero-order chi connectivity index (χ0) is 7.84. The van der Waals surface area contributed by atoms with E-state index in [-0.39, 0.29) is 17.0 Å². The number of nitrogens with zero attached hydrogens (tertiary/aromatic N) is 4. The molecule has 0 aromatic carbocycles. The summed E-state index contributed by atoms with van der Waals surface area (Å²) < 4.78 is 1.80. The average Bonchev–Trinajstić information content (AvgIpc) is 2.35. The second-order valence-electron chi connectivity index (χ2n) is 2.29. The monoisotopic (exact) mass is 229 g/mol. The molecule has 0 fully saturated rings. The molecule has 0 amide bonds. The van der Waals surface area contributed by atoms with E-state index in [1.807, 2.05) is 7.05 Å². The van der Waals surface area contributed by atoms with Crippen molar-refractivity contribution in [1.29, 1.82) is 0 Å². The molecule has 0 bridgehead atoms. The van der Waals surface area contributed by atoms with Gasteiger partial charge in [-0.3, -0.25) is 0 Å². The number of imidazole rings is 1. The summed E-state index contributed by atoms with van der Waals surface area (Å²) in [5.74, 6) is 0.426. The lowest BCUT2D eigenvalue weighted by atomic mass is 10.5. The van der Waals surface area contributed by atoms with Crippen LogP contribution in [0.4, 0.5) is 5.82 Å². The maximum Gasteiger partial charge on any atom is 0.165 e. The van der Waals surface area contributed by atoms with Gasteiger partial charge in [-0.05, 0) is 0 Å². The van der Waals surface area contributed by atoms with E-state index < -0.39 is 0 Å². The van der Waals surface area contributed by atoms with Crippen LogP contribution in [0.2, 0.25) is 0 Å². The molecule has 0 radical (unpaired) electrons. The highest BCUT2D eigenvalue weighted by atomic mass is 79.9. The minimum Gasteiger partial charge on any atom is -0.382 e. The van der Waals surface area contributed by atoms with E-state index in [0.717, 1.165) is 5.65 Å². The molecule has 0 unspecified atom stereocenters. The Bertz CT molecular complexity index is 396. The normalized spacial score (nSPS) is 9.75.